The second kappa shape index (κ2) is 5.77. The summed E-state index contributed by atoms with van der Waals surface area (Å²) in [6.45, 7) is 1.08. The van der Waals surface area contributed by atoms with Crippen molar-refractivity contribution < 1.29 is 18.6 Å². The maximum Gasteiger partial charge on any atom is 0.279 e. The molecule has 0 radical (unpaired) electrons. The first kappa shape index (κ1) is 14.1. The van der Waals surface area contributed by atoms with Gasteiger partial charge < -0.3 is 10.2 Å². The zero-order valence-corrected chi connectivity index (χ0v) is 11.4. The highest BCUT2D eigenvalue weighted by atomic mass is 32.2. The maximum absolute atomic E-state index is 12.0. The smallest absolute Gasteiger partial charge is 0.279 e. The van der Waals surface area contributed by atoms with Crippen molar-refractivity contribution in [2.75, 3.05) is 13.1 Å². The van der Waals surface area contributed by atoms with Gasteiger partial charge in [0.05, 0.1) is 0 Å². The number of aromatic hydroxyl groups is 2. The second-order valence-electron chi connectivity index (χ2n) is 4.60. The van der Waals surface area contributed by atoms with Crippen LogP contribution >= 0.6 is 0 Å². The van der Waals surface area contributed by atoms with E-state index in [1.54, 1.807) is 0 Å². The van der Waals surface area contributed by atoms with Gasteiger partial charge in [0.15, 0.2) is 0 Å². The third-order valence-electron chi connectivity index (χ3n) is 3.17. The monoisotopic (exact) mass is 286 g/mol. The van der Waals surface area contributed by atoms with Crippen LogP contribution in [0.25, 0.3) is 0 Å². The van der Waals surface area contributed by atoms with Crippen molar-refractivity contribution in [2.24, 2.45) is 0 Å². The van der Waals surface area contributed by atoms with E-state index in [9.17, 15) is 13.5 Å². The normalized spacial score (nSPS) is 17.5. The Hall–Kier alpha value is -1.31. The Morgan fingerprint density at radius 1 is 1.16 bits per heavy atom. The van der Waals surface area contributed by atoms with E-state index in [4.69, 9.17) is 5.11 Å². The van der Waals surface area contributed by atoms with Crippen molar-refractivity contribution in [3.63, 3.8) is 0 Å². The first-order valence-corrected chi connectivity index (χ1v) is 7.68. The van der Waals surface area contributed by atoms with E-state index in [1.807, 2.05) is 0 Å². The maximum atomic E-state index is 12.0. The van der Waals surface area contributed by atoms with Gasteiger partial charge in [-0.2, -0.15) is 17.4 Å². The van der Waals surface area contributed by atoms with Crippen LogP contribution in [0.1, 0.15) is 24.8 Å². The van der Waals surface area contributed by atoms with Gasteiger partial charge in [-0.1, -0.05) is 12.5 Å². The first-order chi connectivity index (χ1) is 8.99. The molecule has 0 spiro atoms. The van der Waals surface area contributed by atoms with Crippen LogP contribution in [0.2, 0.25) is 0 Å². The molecule has 3 N–H and O–H groups in total. The molecule has 1 aliphatic heterocycles. The molecule has 6 nitrogen and oxygen atoms in total. The molecule has 1 aromatic rings. The minimum Gasteiger partial charge on any atom is -0.508 e. The fraction of sp³-hybridized carbons (Fsp3) is 0.500. The minimum absolute atomic E-state index is 0.00491. The molecule has 0 amide bonds. The van der Waals surface area contributed by atoms with Gasteiger partial charge in [-0.3, -0.25) is 0 Å². The third kappa shape index (κ3) is 3.59. The van der Waals surface area contributed by atoms with Crippen LogP contribution in [0.15, 0.2) is 18.2 Å². The quantitative estimate of drug-likeness (QED) is 0.767. The number of phenolic OH excluding ortho intramolecular Hbond substituents is 2. The zero-order chi connectivity index (χ0) is 13.9. The second-order valence-corrected chi connectivity index (χ2v) is 6.35. The molecular weight excluding hydrogens is 268 g/mol. The molecule has 0 aliphatic carbocycles. The Balaban J connectivity index is 2.00. The number of benzene rings is 1. The Morgan fingerprint density at radius 2 is 1.84 bits per heavy atom. The van der Waals surface area contributed by atoms with Gasteiger partial charge in [0.1, 0.15) is 11.5 Å². The van der Waals surface area contributed by atoms with E-state index in [1.165, 1.54) is 22.5 Å². The molecule has 7 heteroatoms. The van der Waals surface area contributed by atoms with Gasteiger partial charge in [-0.15, -0.1) is 0 Å². The number of nitrogens with zero attached hydrogens (tertiary/aromatic N) is 1. The number of phenols is 2. The summed E-state index contributed by atoms with van der Waals surface area (Å²) >= 11 is 0. The van der Waals surface area contributed by atoms with E-state index < -0.39 is 10.2 Å². The SMILES string of the molecule is O=S(=O)(NCc1ccc(O)cc1O)N1CCCCC1. The van der Waals surface area contributed by atoms with Crippen molar-refractivity contribution in [3.8, 4) is 11.5 Å². The molecule has 1 saturated heterocycles. The topological polar surface area (TPSA) is 89.9 Å². The summed E-state index contributed by atoms with van der Waals surface area (Å²) in [5.41, 5.74) is 0.429. The van der Waals surface area contributed by atoms with Gasteiger partial charge in [-0.25, -0.2) is 0 Å². The molecule has 0 bridgehead atoms. The Kier molecular flexibility index (Phi) is 4.28. The highest BCUT2D eigenvalue weighted by molar-refractivity contribution is 7.87. The molecule has 0 unspecified atom stereocenters. The predicted molar refractivity (Wildman–Crippen MR) is 71.0 cm³/mol. The molecule has 0 aromatic heterocycles. The van der Waals surface area contributed by atoms with Gasteiger partial charge in [-0.05, 0) is 18.9 Å². The van der Waals surface area contributed by atoms with Crippen LogP contribution in [-0.2, 0) is 16.8 Å². The van der Waals surface area contributed by atoms with E-state index in [0.29, 0.717) is 18.7 Å². The average Bonchev–Trinajstić information content (AvgIpc) is 2.39. The largest absolute Gasteiger partial charge is 0.508 e. The summed E-state index contributed by atoms with van der Waals surface area (Å²) in [7, 11) is -3.50. The lowest BCUT2D eigenvalue weighted by Gasteiger charge is -2.25. The molecule has 1 fully saturated rings. The summed E-state index contributed by atoms with van der Waals surface area (Å²) in [6, 6.07) is 4.08. The molecule has 19 heavy (non-hydrogen) atoms. The third-order valence-corrected chi connectivity index (χ3v) is 4.72. The Labute approximate surface area is 112 Å². The van der Waals surface area contributed by atoms with E-state index in [2.05, 4.69) is 4.72 Å². The number of rotatable bonds is 4. The predicted octanol–water partition coefficient (Wildman–Crippen LogP) is 0.918. The summed E-state index contributed by atoms with van der Waals surface area (Å²) in [6.07, 6.45) is 2.82. The molecule has 1 aromatic carbocycles. The van der Waals surface area contributed by atoms with Gasteiger partial charge in [0.25, 0.3) is 10.2 Å². The molecule has 0 saturated carbocycles. The fourth-order valence-corrected chi connectivity index (χ4v) is 3.33. The van der Waals surface area contributed by atoms with E-state index in [-0.39, 0.29) is 18.0 Å². The number of hydrogen-bond acceptors (Lipinski definition) is 4. The van der Waals surface area contributed by atoms with E-state index >= 15 is 0 Å². The summed E-state index contributed by atoms with van der Waals surface area (Å²) < 4.78 is 27.9. The minimum atomic E-state index is -3.50. The van der Waals surface area contributed by atoms with Crippen molar-refractivity contribution in [2.45, 2.75) is 25.8 Å². The van der Waals surface area contributed by atoms with E-state index in [0.717, 1.165) is 19.3 Å². The lowest BCUT2D eigenvalue weighted by molar-refractivity contribution is 0.341. The standard InChI is InChI=1S/C12H18N2O4S/c15-11-5-4-10(12(16)8-11)9-13-19(17,18)14-6-2-1-3-7-14/h4-5,8,13,15-16H,1-3,6-7,9H2. The van der Waals surface area contributed by atoms with Crippen LogP contribution < -0.4 is 4.72 Å². The zero-order valence-electron chi connectivity index (χ0n) is 10.5. The van der Waals surface area contributed by atoms with Gasteiger partial charge in [0.2, 0.25) is 0 Å². The molecule has 2 rings (SSSR count). The lowest BCUT2D eigenvalue weighted by atomic mass is 10.2. The highest BCUT2D eigenvalue weighted by Gasteiger charge is 2.23. The molecule has 106 valence electrons. The number of piperidine rings is 1. The van der Waals surface area contributed by atoms with Crippen molar-refractivity contribution in [1.82, 2.24) is 9.03 Å². The van der Waals surface area contributed by atoms with Crippen molar-refractivity contribution in [3.05, 3.63) is 23.8 Å². The van der Waals surface area contributed by atoms with Crippen molar-refractivity contribution >= 4 is 10.2 Å². The lowest BCUT2D eigenvalue weighted by Crippen LogP contribution is -2.43. The number of hydrogen-bond donors (Lipinski definition) is 3. The molecule has 0 atom stereocenters. The van der Waals surface area contributed by atoms with Crippen LogP contribution in [0.3, 0.4) is 0 Å². The molecule has 1 heterocycles. The van der Waals surface area contributed by atoms with Crippen LogP contribution in [-0.4, -0.2) is 36.0 Å². The first-order valence-electron chi connectivity index (χ1n) is 6.24. The summed E-state index contributed by atoms with van der Waals surface area (Å²) in [5, 5.41) is 18.8. The molecular formula is C12H18N2O4S. The van der Waals surface area contributed by atoms with Crippen LogP contribution in [0.4, 0.5) is 0 Å². The molecule has 1 aliphatic rings. The highest BCUT2D eigenvalue weighted by Crippen LogP contribution is 2.22. The fourth-order valence-electron chi connectivity index (χ4n) is 2.07. The number of nitrogens with one attached hydrogen (secondary N) is 1. The summed E-state index contributed by atoms with van der Waals surface area (Å²) in [5.74, 6) is -0.179. The van der Waals surface area contributed by atoms with Crippen molar-refractivity contribution in [1.29, 1.82) is 0 Å². The average molecular weight is 286 g/mol. The van der Waals surface area contributed by atoms with Gasteiger partial charge in [0, 0.05) is 31.3 Å². The van der Waals surface area contributed by atoms with Crippen LogP contribution in [0.5, 0.6) is 11.5 Å². The van der Waals surface area contributed by atoms with Crippen LogP contribution in [0, 0.1) is 0 Å². The Bertz CT molecular complexity index is 539. The summed E-state index contributed by atoms with van der Waals surface area (Å²) in [4.78, 5) is 0. The Morgan fingerprint density at radius 3 is 2.47 bits per heavy atom. The van der Waals surface area contributed by atoms with Gasteiger partial charge >= 0.3 is 0 Å².